The number of benzene rings is 4. The van der Waals surface area contributed by atoms with Crippen molar-refractivity contribution in [1.82, 2.24) is 28.4 Å². The van der Waals surface area contributed by atoms with Gasteiger partial charge in [0, 0.05) is 61.2 Å². The molecule has 0 saturated carbocycles. The van der Waals surface area contributed by atoms with Gasteiger partial charge in [0.2, 0.25) is 0 Å². The summed E-state index contributed by atoms with van der Waals surface area (Å²) >= 11 is 7.03. The van der Waals surface area contributed by atoms with E-state index in [4.69, 9.17) is 26.2 Å². The molecule has 0 amide bonds. The van der Waals surface area contributed by atoms with E-state index in [2.05, 4.69) is 5.10 Å². The average molecular weight is 932 g/mol. The molecule has 1 N–H and O–H groups in total. The number of sulfone groups is 1. The van der Waals surface area contributed by atoms with Crippen LogP contribution in [-0.2, 0) is 80.5 Å². The van der Waals surface area contributed by atoms with Crippen molar-refractivity contribution in [1.29, 1.82) is 0 Å². The van der Waals surface area contributed by atoms with E-state index in [1.54, 1.807) is 62.0 Å². The van der Waals surface area contributed by atoms with Crippen LogP contribution in [0.5, 0.6) is 5.75 Å². The number of hydrogen-bond donors (Lipinski definition) is 1. The summed E-state index contributed by atoms with van der Waals surface area (Å²) in [5.41, 5.74) is 2.18. The average Bonchev–Trinajstić information content (AvgIpc) is 3.85. The van der Waals surface area contributed by atoms with Crippen LogP contribution in [0.1, 0.15) is 45.2 Å². The Hall–Kier alpha value is -6.61. The third-order valence-electron chi connectivity index (χ3n) is 11.1. The van der Waals surface area contributed by atoms with Crippen LogP contribution in [0.15, 0.2) is 88.7 Å². The lowest BCUT2D eigenvalue weighted by atomic mass is 9.98. The topological polar surface area (TPSA) is 228 Å². The van der Waals surface area contributed by atoms with Crippen LogP contribution >= 0.6 is 11.6 Å². The normalized spacial score (nSPS) is 12.1. The van der Waals surface area contributed by atoms with Crippen molar-refractivity contribution in [2.75, 3.05) is 14.2 Å². The maximum atomic E-state index is 14.8. The van der Waals surface area contributed by atoms with Crippen LogP contribution in [0.2, 0.25) is 5.02 Å². The molecule has 0 spiro atoms. The molecule has 0 aliphatic carbocycles. The van der Waals surface area contributed by atoms with Gasteiger partial charge in [0.05, 0.1) is 70.5 Å². The zero-order valence-electron chi connectivity index (χ0n) is 35.4. The summed E-state index contributed by atoms with van der Waals surface area (Å²) in [6.07, 6.45) is 0.0513. The number of fused-ring (bicyclic) bond motifs is 2. The van der Waals surface area contributed by atoms with E-state index in [0.717, 1.165) is 16.4 Å². The first-order valence-corrected chi connectivity index (χ1v) is 22.9. The third kappa shape index (κ3) is 8.31. The summed E-state index contributed by atoms with van der Waals surface area (Å²) < 4.78 is 72.6. The number of carbonyl (C=O) groups is 2. The van der Waals surface area contributed by atoms with E-state index in [1.165, 1.54) is 61.0 Å². The molecule has 0 bridgehead atoms. The Morgan fingerprint density at radius 3 is 2.28 bits per heavy atom. The number of nitro groups is 1. The van der Waals surface area contributed by atoms with E-state index in [-0.39, 0.29) is 51.3 Å². The number of aromatic nitrogens is 5. The second kappa shape index (κ2) is 17.5. The van der Waals surface area contributed by atoms with Crippen LogP contribution in [0.4, 0.5) is 5.69 Å². The van der Waals surface area contributed by atoms with E-state index >= 15 is 0 Å². The van der Waals surface area contributed by atoms with Crippen molar-refractivity contribution < 1.29 is 45.9 Å². The smallest absolute Gasteiger partial charge is 0.354 e. The number of sulfonamides is 1. The number of aromatic hydroxyl groups is 1. The molecule has 0 saturated heterocycles. The van der Waals surface area contributed by atoms with Gasteiger partial charge in [-0.05, 0) is 54.6 Å². The third-order valence-corrected chi connectivity index (χ3v) is 14.9. The highest BCUT2D eigenvalue weighted by Crippen LogP contribution is 2.43. The van der Waals surface area contributed by atoms with Crippen molar-refractivity contribution in [3.8, 4) is 16.9 Å². The lowest BCUT2D eigenvalue weighted by Crippen LogP contribution is -2.31. The molecule has 0 radical (unpaired) electrons. The van der Waals surface area contributed by atoms with Gasteiger partial charge in [-0.1, -0.05) is 54.1 Å². The van der Waals surface area contributed by atoms with Gasteiger partial charge < -0.3 is 19.1 Å². The first-order valence-electron chi connectivity index (χ1n) is 19.5. The summed E-state index contributed by atoms with van der Waals surface area (Å²) in [6.45, 7) is 0.744. The van der Waals surface area contributed by atoms with E-state index in [1.807, 2.05) is 0 Å². The Morgan fingerprint density at radius 2 is 1.58 bits per heavy atom. The van der Waals surface area contributed by atoms with Crippen molar-refractivity contribution >= 4 is 70.8 Å². The standard InChI is InChI=1S/C43H42ClN7O11S2/c1-25-39(40-33(44)17-15-31-32(16-18-38(53)61-5)42(43(54)62-6)47(2)41(31)40)34(46-48(25)3)23-50(64(59,60)37-14-10-9-13-35(37)51(55)56)22-27-20-28(49(4)45-27)24-63(57,58)29-19-26-11-7-8-12-30(26)36(52)21-29/h7-15,17,19-21,52H,16,18,22-24H2,1-6H3. The minimum Gasteiger partial charge on any atom is -0.507 e. The zero-order chi connectivity index (χ0) is 46.4. The van der Waals surface area contributed by atoms with Crippen molar-refractivity contribution in [2.45, 2.75) is 48.4 Å². The molecule has 0 aliphatic rings. The molecule has 334 valence electrons. The number of esters is 2. The van der Waals surface area contributed by atoms with Gasteiger partial charge in [0.25, 0.3) is 15.7 Å². The summed E-state index contributed by atoms with van der Waals surface area (Å²) in [7, 11) is -1.60. The largest absolute Gasteiger partial charge is 0.507 e. The summed E-state index contributed by atoms with van der Waals surface area (Å²) in [5.74, 6) is -1.96. The fourth-order valence-corrected chi connectivity index (χ4v) is 11.1. The van der Waals surface area contributed by atoms with Crippen molar-refractivity contribution in [3.05, 3.63) is 128 Å². The molecule has 4 aromatic carbocycles. The molecule has 0 aliphatic heterocycles. The monoisotopic (exact) mass is 931 g/mol. The molecular weight excluding hydrogens is 890 g/mol. The van der Waals surface area contributed by atoms with Crippen LogP contribution in [0.25, 0.3) is 32.8 Å². The SMILES string of the molecule is COC(=O)CCc1c(C(=O)OC)n(C)c2c(-c3c(CN(Cc4cc(CS(=O)(=O)c5cc(O)c6ccccc6c5)n(C)n4)S(=O)(=O)c4ccccc4[N+](=O)[O-])nn(C)c3C)c(Cl)ccc12. The number of nitrogens with zero attached hydrogens (tertiary/aromatic N) is 7. The fourth-order valence-electron chi connectivity index (χ4n) is 7.93. The number of methoxy groups -OCH3 is 2. The first kappa shape index (κ1) is 45.4. The predicted octanol–water partition coefficient (Wildman–Crippen LogP) is 6.30. The first-order chi connectivity index (χ1) is 30.3. The zero-order valence-corrected chi connectivity index (χ0v) is 37.8. The molecule has 0 unspecified atom stereocenters. The van der Waals surface area contributed by atoms with Gasteiger partial charge in [0.15, 0.2) is 14.7 Å². The van der Waals surface area contributed by atoms with Gasteiger partial charge in [-0.25, -0.2) is 21.6 Å². The number of nitro benzene ring substituents is 1. The highest BCUT2D eigenvalue weighted by molar-refractivity contribution is 7.90. The van der Waals surface area contributed by atoms with Crippen molar-refractivity contribution in [2.24, 2.45) is 21.1 Å². The van der Waals surface area contributed by atoms with E-state index in [9.17, 15) is 41.6 Å². The van der Waals surface area contributed by atoms with Gasteiger partial charge in [-0.15, -0.1) is 0 Å². The molecule has 0 fully saturated rings. The van der Waals surface area contributed by atoms with Crippen LogP contribution < -0.4 is 0 Å². The number of ether oxygens (including phenoxy) is 2. The molecule has 7 rings (SSSR count). The Bertz CT molecular complexity index is 3270. The van der Waals surface area contributed by atoms with Gasteiger partial charge in [0.1, 0.15) is 11.4 Å². The minimum atomic E-state index is -4.78. The van der Waals surface area contributed by atoms with Gasteiger partial charge in [-0.2, -0.15) is 14.5 Å². The number of carbonyl (C=O) groups excluding carboxylic acids is 2. The highest BCUT2D eigenvalue weighted by Gasteiger charge is 2.35. The van der Waals surface area contributed by atoms with Crippen LogP contribution in [-0.4, -0.2) is 81.5 Å². The van der Waals surface area contributed by atoms with Gasteiger partial charge >= 0.3 is 11.9 Å². The fraction of sp³-hybridized carbons (Fsp3) is 0.256. The molecular formula is C43H42ClN7O11S2. The second-order valence-corrected chi connectivity index (χ2v) is 19.3. The van der Waals surface area contributed by atoms with E-state index in [0.29, 0.717) is 44.1 Å². The van der Waals surface area contributed by atoms with Gasteiger partial charge in [-0.3, -0.25) is 24.3 Å². The predicted molar refractivity (Wildman–Crippen MR) is 236 cm³/mol. The van der Waals surface area contributed by atoms with Crippen LogP contribution in [0.3, 0.4) is 0 Å². The number of hydrogen-bond acceptors (Lipinski definition) is 13. The maximum Gasteiger partial charge on any atom is 0.354 e. The highest BCUT2D eigenvalue weighted by atomic mass is 35.5. The second-order valence-electron chi connectivity index (χ2n) is 15.0. The summed E-state index contributed by atoms with van der Waals surface area (Å²) in [4.78, 5) is 36.3. The minimum absolute atomic E-state index is 0.0542. The number of para-hydroxylation sites is 1. The Kier molecular flexibility index (Phi) is 12.4. The van der Waals surface area contributed by atoms with E-state index < -0.39 is 66.1 Å². The number of rotatable bonds is 15. The number of phenolic OH excluding ortho intramolecular Hbond substituents is 1. The molecule has 3 heterocycles. The Morgan fingerprint density at radius 1 is 0.875 bits per heavy atom. The lowest BCUT2D eigenvalue weighted by Gasteiger charge is -2.21. The number of halogens is 1. The summed E-state index contributed by atoms with van der Waals surface area (Å²) in [5, 5.41) is 33.8. The molecule has 18 nitrogen and oxygen atoms in total. The molecule has 64 heavy (non-hydrogen) atoms. The molecule has 7 aromatic rings. The van der Waals surface area contributed by atoms with Crippen LogP contribution in [0, 0.1) is 17.0 Å². The lowest BCUT2D eigenvalue weighted by molar-refractivity contribution is -0.387. The number of phenols is 1. The maximum absolute atomic E-state index is 14.8. The Balaban J connectivity index is 1.35. The summed E-state index contributed by atoms with van der Waals surface area (Å²) in [6, 6.07) is 19.0. The molecule has 21 heteroatoms. The molecule has 3 aromatic heterocycles. The number of aryl methyl sites for hydroxylation is 4. The molecule has 0 atom stereocenters. The quantitative estimate of drug-likeness (QED) is 0.0677. The van der Waals surface area contributed by atoms with Crippen molar-refractivity contribution in [3.63, 3.8) is 0 Å². The Labute approximate surface area is 372 Å².